The summed E-state index contributed by atoms with van der Waals surface area (Å²) in [7, 11) is 0. The maximum atomic E-state index is 13.2. The lowest BCUT2D eigenvalue weighted by atomic mass is 9.93. The fourth-order valence-electron chi connectivity index (χ4n) is 5.09. The van der Waals surface area contributed by atoms with Crippen LogP contribution in [0.15, 0.2) is 73.1 Å². The van der Waals surface area contributed by atoms with Crippen LogP contribution in [0.2, 0.25) is 0 Å². The van der Waals surface area contributed by atoms with Gasteiger partial charge in [-0.25, -0.2) is 0 Å². The van der Waals surface area contributed by atoms with Crippen molar-refractivity contribution in [2.24, 2.45) is 0 Å². The monoisotopic (exact) mass is 504 g/mol. The van der Waals surface area contributed by atoms with Crippen LogP contribution in [0.1, 0.15) is 47.1 Å². The Morgan fingerprint density at radius 1 is 1.11 bits per heavy atom. The summed E-state index contributed by atoms with van der Waals surface area (Å²) in [6.07, 6.45) is 6.92. The summed E-state index contributed by atoms with van der Waals surface area (Å²) in [6, 6.07) is 22.0. The van der Waals surface area contributed by atoms with Gasteiger partial charge in [-0.15, -0.1) is 0 Å². The average Bonchev–Trinajstić information content (AvgIpc) is 3.40. The van der Waals surface area contributed by atoms with Crippen molar-refractivity contribution in [2.45, 2.75) is 46.1 Å². The Labute approximate surface area is 224 Å². The lowest BCUT2D eigenvalue weighted by Gasteiger charge is -2.31. The summed E-state index contributed by atoms with van der Waals surface area (Å²) in [4.78, 5) is 15.2. The van der Waals surface area contributed by atoms with E-state index in [1.807, 2.05) is 58.4 Å². The SMILES string of the molecule is Cc1cccc(OCCCC(=O)N2CCCc3c(-c4cnn(Cc5cccc(C#N)c5)c4)cccc32)c1C. The predicted octanol–water partition coefficient (Wildman–Crippen LogP) is 6.23. The maximum absolute atomic E-state index is 13.2. The van der Waals surface area contributed by atoms with Gasteiger partial charge in [0.2, 0.25) is 5.91 Å². The van der Waals surface area contributed by atoms with Crippen LogP contribution in [-0.2, 0) is 17.8 Å². The minimum absolute atomic E-state index is 0.140. The van der Waals surface area contributed by atoms with Gasteiger partial charge in [-0.3, -0.25) is 9.48 Å². The standard InChI is InChI=1S/C32H32N4O2/c1-23-8-3-14-31(24(23)2)38-17-7-15-32(37)36-16-6-12-29-28(11-5-13-30(29)36)27-20-34-35(22-27)21-26-10-4-9-25(18-26)19-33/h3-5,8-11,13-14,18,20,22H,6-7,12,15-17,21H2,1-2H3. The summed E-state index contributed by atoms with van der Waals surface area (Å²) >= 11 is 0. The van der Waals surface area contributed by atoms with E-state index in [0.29, 0.717) is 31.6 Å². The molecular formula is C32H32N4O2. The minimum atomic E-state index is 0.140. The zero-order valence-corrected chi connectivity index (χ0v) is 22.0. The predicted molar refractivity (Wildman–Crippen MR) is 149 cm³/mol. The number of rotatable bonds is 8. The molecule has 1 aromatic heterocycles. The zero-order chi connectivity index (χ0) is 26.5. The van der Waals surface area contributed by atoms with Gasteiger partial charge in [-0.2, -0.15) is 10.4 Å². The van der Waals surface area contributed by atoms with Crippen LogP contribution in [0.4, 0.5) is 5.69 Å². The van der Waals surface area contributed by atoms with Gasteiger partial charge in [-0.05, 0) is 85.2 Å². The van der Waals surface area contributed by atoms with Gasteiger partial charge >= 0.3 is 0 Å². The highest BCUT2D eigenvalue weighted by molar-refractivity contribution is 5.96. The maximum Gasteiger partial charge on any atom is 0.227 e. The Morgan fingerprint density at radius 3 is 2.82 bits per heavy atom. The minimum Gasteiger partial charge on any atom is -0.493 e. The van der Waals surface area contributed by atoms with Gasteiger partial charge < -0.3 is 9.64 Å². The summed E-state index contributed by atoms with van der Waals surface area (Å²) in [5, 5.41) is 13.7. The van der Waals surface area contributed by atoms with Gasteiger partial charge in [0, 0.05) is 30.4 Å². The first-order valence-electron chi connectivity index (χ1n) is 13.2. The second-order valence-corrected chi connectivity index (χ2v) is 9.84. The van der Waals surface area contributed by atoms with E-state index in [-0.39, 0.29) is 5.91 Å². The molecule has 4 aromatic rings. The second-order valence-electron chi connectivity index (χ2n) is 9.84. The third kappa shape index (κ3) is 5.47. The van der Waals surface area contributed by atoms with Crippen molar-refractivity contribution in [3.05, 3.63) is 101 Å². The fraction of sp³-hybridized carbons (Fsp3) is 0.281. The topological polar surface area (TPSA) is 71.2 Å². The Hall–Kier alpha value is -4.37. The van der Waals surface area contributed by atoms with E-state index in [2.05, 4.69) is 43.2 Å². The lowest BCUT2D eigenvalue weighted by Crippen LogP contribution is -2.35. The van der Waals surface area contributed by atoms with Crippen LogP contribution in [0.5, 0.6) is 5.75 Å². The highest BCUT2D eigenvalue weighted by atomic mass is 16.5. The van der Waals surface area contributed by atoms with Crippen molar-refractivity contribution in [2.75, 3.05) is 18.1 Å². The highest BCUT2D eigenvalue weighted by Gasteiger charge is 2.24. The van der Waals surface area contributed by atoms with Crippen molar-refractivity contribution in [3.63, 3.8) is 0 Å². The quantitative estimate of drug-likeness (QED) is 0.267. The van der Waals surface area contributed by atoms with Crippen molar-refractivity contribution in [1.29, 1.82) is 5.26 Å². The van der Waals surface area contributed by atoms with Crippen LogP contribution in [0.3, 0.4) is 0 Å². The fourth-order valence-corrected chi connectivity index (χ4v) is 5.09. The summed E-state index contributed by atoms with van der Waals surface area (Å²) in [6.45, 7) is 6.00. The van der Waals surface area contributed by atoms with Crippen LogP contribution in [0, 0.1) is 25.2 Å². The lowest BCUT2D eigenvalue weighted by molar-refractivity contribution is -0.118. The number of aryl methyl sites for hydroxylation is 1. The Bertz CT molecular complexity index is 1500. The molecule has 2 heterocycles. The van der Waals surface area contributed by atoms with Crippen molar-refractivity contribution in [3.8, 4) is 22.9 Å². The van der Waals surface area contributed by atoms with Crippen LogP contribution >= 0.6 is 0 Å². The number of hydrogen-bond donors (Lipinski definition) is 0. The van der Waals surface area contributed by atoms with E-state index < -0.39 is 0 Å². The number of anilines is 1. The number of amides is 1. The number of nitrogens with zero attached hydrogens (tertiary/aromatic N) is 4. The number of carbonyl (C=O) groups is 1. The Balaban J connectivity index is 1.26. The molecule has 1 aliphatic heterocycles. The molecule has 0 aliphatic carbocycles. The van der Waals surface area contributed by atoms with Crippen molar-refractivity contribution < 1.29 is 9.53 Å². The van der Waals surface area contributed by atoms with Gasteiger partial charge in [0.05, 0.1) is 31.0 Å². The van der Waals surface area contributed by atoms with Gasteiger partial charge in [0.25, 0.3) is 0 Å². The number of fused-ring (bicyclic) bond motifs is 1. The molecule has 0 saturated carbocycles. The molecule has 1 aliphatic rings. The molecular weight excluding hydrogens is 472 g/mol. The number of carbonyl (C=O) groups excluding carboxylic acids is 1. The smallest absolute Gasteiger partial charge is 0.227 e. The van der Waals surface area contributed by atoms with Gasteiger partial charge in [0.15, 0.2) is 0 Å². The zero-order valence-electron chi connectivity index (χ0n) is 22.0. The summed E-state index contributed by atoms with van der Waals surface area (Å²) in [5.74, 6) is 1.03. The van der Waals surface area contributed by atoms with Gasteiger partial charge in [0.1, 0.15) is 5.75 Å². The number of ether oxygens (including phenoxy) is 1. The summed E-state index contributed by atoms with van der Waals surface area (Å²) in [5.41, 5.74) is 8.40. The molecule has 0 bridgehead atoms. The first-order valence-corrected chi connectivity index (χ1v) is 13.2. The second kappa shape index (κ2) is 11.4. The third-order valence-electron chi connectivity index (χ3n) is 7.24. The van der Waals surface area contributed by atoms with Crippen LogP contribution in [0.25, 0.3) is 11.1 Å². The normalized spacial score (nSPS) is 12.6. The molecule has 0 radical (unpaired) electrons. The van der Waals surface area contributed by atoms with E-state index in [1.54, 1.807) is 6.07 Å². The van der Waals surface area contributed by atoms with E-state index in [4.69, 9.17) is 4.74 Å². The molecule has 1 amide bonds. The molecule has 38 heavy (non-hydrogen) atoms. The number of benzene rings is 3. The number of nitriles is 1. The molecule has 0 atom stereocenters. The Morgan fingerprint density at radius 2 is 1.95 bits per heavy atom. The third-order valence-corrected chi connectivity index (χ3v) is 7.24. The molecule has 0 fully saturated rings. The van der Waals surface area contributed by atoms with E-state index in [0.717, 1.165) is 53.1 Å². The first kappa shape index (κ1) is 25.3. The van der Waals surface area contributed by atoms with E-state index >= 15 is 0 Å². The average molecular weight is 505 g/mol. The highest BCUT2D eigenvalue weighted by Crippen LogP contribution is 2.36. The first-order chi connectivity index (χ1) is 18.5. The largest absolute Gasteiger partial charge is 0.493 e. The molecule has 3 aromatic carbocycles. The summed E-state index contributed by atoms with van der Waals surface area (Å²) < 4.78 is 7.86. The molecule has 192 valence electrons. The van der Waals surface area contributed by atoms with Crippen molar-refractivity contribution >= 4 is 11.6 Å². The molecule has 6 nitrogen and oxygen atoms in total. The van der Waals surface area contributed by atoms with Crippen molar-refractivity contribution in [1.82, 2.24) is 9.78 Å². The number of aromatic nitrogens is 2. The Kier molecular flexibility index (Phi) is 7.55. The van der Waals surface area contributed by atoms with Crippen LogP contribution in [-0.4, -0.2) is 28.8 Å². The molecule has 0 spiro atoms. The molecule has 0 unspecified atom stereocenters. The molecule has 0 saturated heterocycles. The number of hydrogen-bond acceptors (Lipinski definition) is 4. The van der Waals surface area contributed by atoms with Crippen LogP contribution < -0.4 is 9.64 Å². The molecule has 0 N–H and O–H groups in total. The van der Waals surface area contributed by atoms with E-state index in [9.17, 15) is 10.1 Å². The van der Waals surface area contributed by atoms with Gasteiger partial charge in [-0.1, -0.05) is 36.4 Å². The molecule has 6 heteroatoms. The van der Waals surface area contributed by atoms with E-state index in [1.165, 1.54) is 11.1 Å². The molecule has 5 rings (SSSR count).